The molecule has 106 valence electrons. The number of carbonyl (C=O) groups is 1. The van der Waals surface area contributed by atoms with Crippen molar-refractivity contribution in [3.63, 3.8) is 0 Å². The first kappa shape index (κ1) is 15.3. The van der Waals surface area contributed by atoms with Crippen LogP contribution in [0, 0.1) is 0 Å². The average Bonchev–Trinajstić information content (AvgIpc) is 2.26. The highest BCUT2D eigenvalue weighted by Crippen LogP contribution is 2.20. The van der Waals surface area contributed by atoms with Crippen LogP contribution in [0.1, 0.15) is 41.0 Å². The molecule has 19 heavy (non-hydrogen) atoms. The third-order valence-corrected chi connectivity index (χ3v) is 2.39. The lowest BCUT2D eigenvalue weighted by molar-refractivity contribution is 0.0636. The van der Waals surface area contributed by atoms with Crippen LogP contribution in [0.5, 0.6) is 5.75 Å². The molecule has 0 radical (unpaired) electrons. The highest BCUT2D eigenvalue weighted by atomic mass is 16.6. The lowest BCUT2D eigenvalue weighted by Gasteiger charge is -2.20. The second-order valence-electron chi connectivity index (χ2n) is 5.49. The molecular formula is C15H23NO3. The molecule has 0 aliphatic carbocycles. The molecule has 1 amide bonds. The van der Waals surface area contributed by atoms with E-state index in [1.54, 1.807) is 12.1 Å². The Morgan fingerprint density at radius 3 is 2.63 bits per heavy atom. The molecule has 0 unspecified atom stereocenters. The van der Waals surface area contributed by atoms with Gasteiger partial charge in [0.25, 0.3) is 0 Å². The van der Waals surface area contributed by atoms with E-state index in [9.17, 15) is 4.79 Å². The number of benzene rings is 1. The van der Waals surface area contributed by atoms with Gasteiger partial charge in [0.15, 0.2) is 0 Å². The third kappa shape index (κ3) is 6.13. The molecule has 1 atom stereocenters. The third-order valence-electron chi connectivity index (χ3n) is 2.39. The predicted octanol–water partition coefficient (Wildman–Crippen LogP) is 4.21. The molecule has 0 aromatic heterocycles. The van der Waals surface area contributed by atoms with Gasteiger partial charge < -0.3 is 9.47 Å². The van der Waals surface area contributed by atoms with Gasteiger partial charge in [0, 0.05) is 11.8 Å². The molecule has 4 heteroatoms. The van der Waals surface area contributed by atoms with Crippen LogP contribution in [0.15, 0.2) is 24.3 Å². The van der Waals surface area contributed by atoms with Gasteiger partial charge in [-0.25, -0.2) is 4.79 Å². The normalized spacial score (nSPS) is 12.7. The molecule has 0 aliphatic heterocycles. The minimum Gasteiger partial charge on any atom is -0.491 e. The number of amides is 1. The Labute approximate surface area is 115 Å². The number of ether oxygens (including phenoxy) is 2. The van der Waals surface area contributed by atoms with Crippen molar-refractivity contribution in [2.45, 2.75) is 52.7 Å². The number of carbonyl (C=O) groups excluding carboxylic acids is 1. The molecule has 1 rings (SSSR count). The number of rotatable bonds is 4. The van der Waals surface area contributed by atoms with Crippen LogP contribution in [0.25, 0.3) is 0 Å². The number of anilines is 1. The van der Waals surface area contributed by atoms with Crippen LogP contribution in [0.2, 0.25) is 0 Å². The molecule has 1 N–H and O–H groups in total. The molecule has 0 bridgehead atoms. The van der Waals surface area contributed by atoms with E-state index in [2.05, 4.69) is 12.2 Å². The largest absolute Gasteiger partial charge is 0.491 e. The summed E-state index contributed by atoms with van der Waals surface area (Å²) in [5.41, 5.74) is 0.157. The first-order valence-electron chi connectivity index (χ1n) is 6.57. The van der Waals surface area contributed by atoms with Gasteiger partial charge in [0.05, 0.1) is 6.10 Å². The highest BCUT2D eigenvalue weighted by molar-refractivity contribution is 5.85. The fourth-order valence-corrected chi connectivity index (χ4v) is 1.38. The van der Waals surface area contributed by atoms with Crippen molar-refractivity contribution >= 4 is 11.8 Å². The maximum atomic E-state index is 11.6. The van der Waals surface area contributed by atoms with E-state index in [1.165, 1.54) is 0 Å². The van der Waals surface area contributed by atoms with Crippen molar-refractivity contribution in [2.75, 3.05) is 5.32 Å². The van der Waals surface area contributed by atoms with Gasteiger partial charge in [-0.15, -0.1) is 0 Å². The van der Waals surface area contributed by atoms with Gasteiger partial charge in [0.1, 0.15) is 11.4 Å². The fraction of sp³-hybridized carbons (Fsp3) is 0.533. The van der Waals surface area contributed by atoms with E-state index in [0.29, 0.717) is 5.69 Å². The minimum atomic E-state index is -0.505. The van der Waals surface area contributed by atoms with E-state index < -0.39 is 11.7 Å². The summed E-state index contributed by atoms with van der Waals surface area (Å²) in [6, 6.07) is 7.29. The number of hydrogen-bond donors (Lipinski definition) is 1. The highest BCUT2D eigenvalue weighted by Gasteiger charge is 2.16. The predicted molar refractivity (Wildman–Crippen MR) is 76.7 cm³/mol. The lowest BCUT2D eigenvalue weighted by Crippen LogP contribution is -2.27. The zero-order valence-electron chi connectivity index (χ0n) is 12.3. The standard InChI is InChI=1S/C15H23NO3/c1-6-11(2)18-13-9-7-8-12(10-13)16-14(17)19-15(3,4)5/h7-11H,6H2,1-5H3,(H,16,17)/t11-/m0/s1. The summed E-state index contributed by atoms with van der Waals surface area (Å²) in [6.07, 6.45) is 0.619. The number of nitrogens with one attached hydrogen (secondary N) is 1. The number of hydrogen-bond acceptors (Lipinski definition) is 3. The van der Waals surface area contributed by atoms with Crippen molar-refractivity contribution in [1.82, 2.24) is 0 Å². The van der Waals surface area contributed by atoms with E-state index >= 15 is 0 Å². The maximum absolute atomic E-state index is 11.6. The van der Waals surface area contributed by atoms with Crippen LogP contribution in [-0.4, -0.2) is 17.8 Å². The van der Waals surface area contributed by atoms with Crippen molar-refractivity contribution in [3.05, 3.63) is 24.3 Å². The van der Waals surface area contributed by atoms with E-state index in [-0.39, 0.29) is 6.10 Å². The Kier molecular flexibility index (Phi) is 5.21. The molecular weight excluding hydrogens is 242 g/mol. The molecule has 0 saturated carbocycles. The molecule has 4 nitrogen and oxygen atoms in total. The van der Waals surface area contributed by atoms with Crippen LogP contribution >= 0.6 is 0 Å². The van der Waals surface area contributed by atoms with Gasteiger partial charge in [0.2, 0.25) is 0 Å². The van der Waals surface area contributed by atoms with Crippen LogP contribution in [0.3, 0.4) is 0 Å². The smallest absolute Gasteiger partial charge is 0.412 e. The average molecular weight is 265 g/mol. The van der Waals surface area contributed by atoms with Gasteiger partial charge in [-0.2, -0.15) is 0 Å². The molecule has 0 fully saturated rings. The fourth-order valence-electron chi connectivity index (χ4n) is 1.38. The molecule has 0 aliphatic rings. The summed E-state index contributed by atoms with van der Waals surface area (Å²) in [5, 5.41) is 2.69. The molecule has 0 heterocycles. The van der Waals surface area contributed by atoms with Crippen molar-refractivity contribution < 1.29 is 14.3 Å². The van der Waals surface area contributed by atoms with Gasteiger partial charge in [-0.05, 0) is 46.2 Å². The van der Waals surface area contributed by atoms with Gasteiger partial charge >= 0.3 is 6.09 Å². The Hall–Kier alpha value is -1.71. The Morgan fingerprint density at radius 1 is 1.37 bits per heavy atom. The zero-order valence-corrected chi connectivity index (χ0v) is 12.3. The van der Waals surface area contributed by atoms with Crippen LogP contribution < -0.4 is 10.1 Å². The summed E-state index contributed by atoms with van der Waals surface area (Å²) >= 11 is 0. The summed E-state index contributed by atoms with van der Waals surface area (Å²) in [7, 11) is 0. The summed E-state index contributed by atoms with van der Waals surface area (Å²) in [4.78, 5) is 11.6. The monoisotopic (exact) mass is 265 g/mol. The molecule has 0 spiro atoms. The molecule has 0 saturated heterocycles. The van der Waals surface area contributed by atoms with Crippen molar-refractivity contribution in [2.24, 2.45) is 0 Å². The van der Waals surface area contributed by atoms with E-state index in [4.69, 9.17) is 9.47 Å². The SMILES string of the molecule is CC[C@H](C)Oc1cccc(NC(=O)OC(C)(C)C)c1. The first-order chi connectivity index (χ1) is 8.80. The Bertz CT molecular complexity index is 424. The topological polar surface area (TPSA) is 47.6 Å². The zero-order chi connectivity index (χ0) is 14.5. The Morgan fingerprint density at radius 2 is 2.05 bits per heavy atom. The molecule has 1 aromatic rings. The Balaban J connectivity index is 2.64. The summed E-state index contributed by atoms with van der Waals surface area (Å²) in [5.74, 6) is 0.739. The lowest BCUT2D eigenvalue weighted by atomic mass is 10.2. The van der Waals surface area contributed by atoms with Crippen LogP contribution in [0.4, 0.5) is 10.5 Å². The van der Waals surface area contributed by atoms with Crippen LogP contribution in [-0.2, 0) is 4.74 Å². The van der Waals surface area contributed by atoms with E-state index in [0.717, 1.165) is 12.2 Å². The minimum absolute atomic E-state index is 0.150. The van der Waals surface area contributed by atoms with E-state index in [1.807, 2.05) is 39.8 Å². The second kappa shape index (κ2) is 6.45. The molecule has 1 aromatic carbocycles. The van der Waals surface area contributed by atoms with Gasteiger partial charge in [-0.1, -0.05) is 13.0 Å². The quantitative estimate of drug-likeness (QED) is 0.887. The van der Waals surface area contributed by atoms with Crippen molar-refractivity contribution in [3.8, 4) is 5.75 Å². The summed E-state index contributed by atoms with van der Waals surface area (Å²) < 4.78 is 10.9. The first-order valence-corrected chi connectivity index (χ1v) is 6.57. The maximum Gasteiger partial charge on any atom is 0.412 e. The van der Waals surface area contributed by atoms with Crippen molar-refractivity contribution in [1.29, 1.82) is 0 Å². The second-order valence-corrected chi connectivity index (χ2v) is 5.49. The van der Waals surface area contributed by atoms with Gasteiger partial charge in [-0.3, -0.25) is 5.32 Å². The summed E-state index contributed by atoms with van der Waals surface area (Å²) in [6.45, 7) is 9.56.